The quantitative estimate of drug-likeness (QED) is 0.782. The van der Waals surface area contributed by atoms with E-state index in [1.165, 1.54) is 12.1 Å². The molecule has 19 heavy (non-hydrogen) atoms. The molecule has 5 heteroatoms. The predicted molar refractivity (Wildman–Crippen MR) is 68.4 cm³/mol. The molecular formula is C14H18FNO3. The fraction of sp³-hybridized carbons (Fsp3) is 0.500. The van der Waals surface area contributed by atoms with E-state index in [0.717, 1.165) is 31.7 Å². The first-order valence-corrected chi connectivity index (χ1v) is 6.52. The molecule has 0 saturated heterocycles. The molecule has 4 nitrogen and oxygen atoms in total. The number of hydrogen-bond donors (Lipinski definition) is 3. The maximum absolute atomic E-state index is 13.6. The van der Waals surface area contributed by atoms with Crippen LogP contribution in [0.1, 0.15) is 36.0 Å². The molecule has 0 heterocycles. The zero-order chi connectivity index (χ0) is 13.8. The average Bonchev–Trinajstić information content (AvgIpc) is 2.39. The Hall–Kier alpha value is -1.62. The van der Waals surface area contributed by atoms with Crippen molar-refractivity contribution in [3.63, 3.8) is 0 Å². The van der Waals surface area contributed by atoms with Gasteiger partial charge in [-0.2, -0.15) is 0 Å². The van der Waals surface area contributed by atoms with E-state index < -0.39 is 11.7 Å². The van der Waals surface area contributed by atoms with Crippen molar-refractivity contribution in [2.45, 2.75) is 31.7 Å². The van der Waals surface area contributed by atoms with E-state index >= 15 is 0 Å². The molecule has 2 unspecified atom stereocenters. The number of carbonyl (C=O) groups excluding carboxylic acids is 1. The minimum atomic E-state index is -0.742. The SMILES string of the molecule is O=C(NC1CCCCC1CO)c1ccc(O)cc1F. The third kappa shape index (κ3) is 3.23. The normalized spacial score (nSPS) is 23.1. The predicted octanol–water partition coefficient (Wildman–Crippen LogP) is 1.81. The van der Waals surface area contributed by atoms with Crippen LogP contribution >= 0.6 is 0 Å². The summed E-state index contributed by atoms with van der Waals surface area (Å²) in [6.07, 6.45) is 3.72. The van der Waals surface area contributed by atoms with E-state index in [9.17, 15) is 14.3 Å². The second-order valence-electron chi connectivity index (χ2n) is 4.97. The summed E-state index contributed by atoms with van der Waals surface area (Å²) in [6.45, 7) is 0.0308. The number of aliphatic hydroxyl groups is 1. The molecule has 0 bridgehead atoms. The van der Waals surface area contributed by atoms with Gasteiger partial charge in [0.05, 0.1) is 5.56 Å². The number of amides is 1. The Morgan fingerprint density at radius 1 is 1.37 bits per heavy atom. The summed E-state index contributed by atoms with van der Waals surface area (Å²) in [6, 6.07) is 3.35. The first kappa shape index (κ1) is 13.8. The largest absolute Gasteiger partial charge is 0.508 e. The number of nitrogens with one attached hydrogen (secondary N) is 1. The van der Waals surface area contributed by atoms with Gasteiger partial charge in [-0.25, -0.2) is 4.39 Å². The summed E-state index contributed by atoms with van der Waals surface area (Å²) < 4.78 is 13.6. The first-order chi connectivity index (χ1) is 9.11. The molecule has 1 fully saturated rings. The molecule has 1 aliphatic carbocycles. The molecule has 2 rings (SSSR count). The fourth-order valence-corrected chi connectivity index (χ4v) is 2.55. The van der Waals surface area contributed by atoms with E-state index in [-0.39, 0.29) is 29.9 Å². The average molecular weight is 267 g/mol. The molecule has 1 amide bonds. The molecule has 104 valence electrons. The van der Waals surface area contributed by atoms with Gasteiger partial charge in [-0.05, 0) is 25.0 Å². The zero-order valence-electron chi connectivity index (χ0n) is 10.6. The Bertz CT molecular complexity index is 464. The highest BCUT2D eigenvalue weighted by atomic mass is 19.1. The van der Waals surface area contributed by atoms with Gasteiger partial charge in [0.2, 0.25) is 0 Å². The van der Waals surface area contributed by atoms with Crippen LogP contribution in [0.15, 0.2) is 18.2 Å². The van der Waals surface area contributed by atoms with Crippen molar-refractivity contribution in [3.8, 4) is 5.75 Å². The number of benzene rings is 1. The highest BCUT2D eigenvalue weighted by Crippen LogP contribution is 2.24. The zero-order valence-corrected chi connectivity index (χ0v) is 10.6. The Balaban J connectivity index is 2.07. The van der Waals surface area contributed by atoms with E-state index in [1.54, 1.807) is 0 Å². The molecule has 0 radical (unpaired) electrons. The molecule has 1 aromatic carbocycles. The van der Waals surface area contributed by atoms with Gasteiger partial charge in [0.15, 0.2) is 0 Å². The Labute approximate surface area is 111 Å². The minimum absolute atomic E-state index is 0.0308. The van der Waals surface area contributed by atoms with Crippen molar-refractivity contribution in [3.05, 3.63) is 29.6 Å². The lowest BCUT2D eigenvalue weighted by atomic mass is 9.85. The van der Waals surface area contributed by atoms with Gasteiger partial charge in [0.1, 0.15) is 11.6 Å². The van der Waals surface area contributed by atoms with E-state index in [2.05, 4.69) is 5.32 Å². The lowest BCUT2D eigenvalue weighted by Gasteiger charge is -2.30. The lowest BCUT2D eigenvalue weighted by Crippen LogP contribution is -2.43. The molecule has 0 spiro atoms. The van der Waals surface area contributed by atoms with Crippen LogP contribution in [-0.4, -0.2) is 28.8 Å². The molecule has 1 aliphatic rings. The number of hydrogen-bond acceptors (Lipinski definition) is 3. The van der Waals surface area contributed by atoms with Gasteiger partial charge in [-0.1, -0.05) is 12.8 Å². The monoisotopic (exact) mass is 267 g/mol. The second-order valence-corrected chi connectivity index (χ2v) is 4.97. The van der Waals surface area contributed by atoms with Gasteiger partial charge in [-0.15, -0.1) is 0 Å². The van der Waals surface area contributed by atoms with Gasteiger partial charge in [-0.3, -0.25) is 4.79 Å². The minimum Gasteiger partial charge on any atom is -0.508 e. The van der Waals surface area contributed by atoms with Crippen LogP contribution in [0.5, 0.6) is 5.75 Å². The van der Waals surface area contributed by atoms with Crippen LogP contribution in [0, 0.1) is 11.7 Å². The van der Waals surface area contributed by atoms with Gasteiger partial charge in [0.25, 0.3) is 5.91 Å². The van der Waals surface area contributed by atoms with Crippen molar-refractivity contribution in [2.24, 2.45) is 5.92 Å². The molecule has 3 N–H and O–H groups in total. The van der Waals surface area contributed by atoms with Crippen LogP contribution in [-0.2, 0) is 0 Å². The van der Waals surface area contributed by atoms with Crippen LogP contribution in [0.3, 0.4) is 0 Å². The topological polar surface area (TPSA) is 69.6 Å². The third-order valence-corrected chi connectivity index (χ3v) is 3.66. The molecule has 1 aromatic rings. The smallest absolute Gasteiger partial charge is 0.254 e. The van der Waals surface area contributed by atoms with Crippen LogP contribution < -0.4 is 5.32 Å². The van der Waals surface area contributed by atoms with Gasteiger partial charge < -0.3 is 15.5 Å². The number of phenolic OH excluding ortho intramolecular Hbond substituents is 1. The molecule has 1 saturated carbocycles. The summed E-state index contributed by atoms with van der Waals surface area (Å²) in [7, 11) is 0. The fourth-order valence-electron chi connectivity index (χ4n) is 2.55. The van der Waals surface area contributed by atoms with E-state index in [0.29, 0.717) is 0 Å². The van der Waals surface area contributed by atoms with Gasteiger partial charge in [0, 0.05) is 24.6 Å². The summed E-state index contributed by atoms with van der Waals surface area (Å²) in [4.78, 5) is 12.0. The maximum atomic E-state index is 13.6. The van der Waals surface area contributed by atoms with Crippen molar-refractivity contribution >= 4 is 5.91 Å². The standard InChI is InChI=1S/C14H18FNO3/c15-12-7-10(18)5-6-11(12)14(19)16-13-4-2-1-3-9(13)8-17/h5-7,9,13,17-18H,1-4,8H2,(H,16,19). The number of aliphatic hydroxyl groups excluding tert-OH is 1. The summed E-state index contributed by atoms with van der Waals surface area (Å²) in [5.41, 5.74) is -0.0833. The number of carbonyl (C=O) groups is 1. The van der Waals surface area contributed by atoms with Crippen LogP contribution in [0.25, 0.3) is 0 Å². The third-order valence-electron chi connectivity index (χ3n) is 3.66. The highest BCUT2D eigenvalue weighted by molar-refractivity contribution is 5.94. The van der Waals surface area contributed by atoms with Crippen molar-refractivity contribution in [1.82, 2.24) is 5.32 Å². The van der Waals surface area contributed by atoms with E-state index in [1.807, 2.05) is 0 Å². The number of halogens is 1. The summed E-state index contributed by atoms with van der Waals surface area (Å²) >= 11 is 0. The molecule has 0 aliphatic heterocycles. The summed E-state index contributed by atoms with van der Waals surface area (Å²) in [5.74, 6) is -1.41. The van der Waals surface area contributed by atoms with Crippen molar-refractivity contribution < 1.29 is 19.4 Å². The number of rotatable bonds is 3. The second kappa shape index (κ2) is 6.02. The van der Waals surface area contributed by atoms with Crippen LogP contribution in [0.4, 0.5) is 4.39 Å². The molecular weight excluding hydrogens is 249 g/mol. The van der Waals surface area contributed by atoms with Crippen molar-refractivity contribution in [2.75, 3.05) is 6.61 Å². The number of phenols is 1. The summed E-state index contributed by atoms with van der Waals surface area (Å²) in [5, 5.41) is 21.2. The Morgan fingerprint density at radius 3 is 2.79 bits per heavy atom. The lowest BCUT2D eigenvalue weighted by molar-refractivity contribution is 0.0868. The highest BCUT2D eigenvalue weighted by Gasteiger charge is 2.26. The Morgan fingerprint density at radius 2 is 2.11 bits per heavy atom. The van der Waals surface area contributed by atoms with Crippen LogP contribution in [0.2, 0.25) is 0 Å². The Kier molecular flexibility index (Phi) is 4.37. The molecule has 2 atom stereocenters. The maximum Gasteiger partial charge on any atom is 0.254 e. The van der Waals surface area contributed by atoms with Gasteiger partial charge >= 0.3 is 0 Å². The first-order valence-electron chi connectivity index (χ1n) is 6.52. The van der Waals surface area contributed by atoms with E-state index in [4.69, 9.17) is 5.11 Å². The molecule has 0 aromatic heterocycles. The number of aromatic hydroxyl groups is 1. The van der Waals surface area contributed by atoms with Crippen molar-refractivity contribution in [1.29, 1.82) is 0 Å².